The minimum Gasteiger partial charge on any atom is -0.478 e. The number of methoxy groups -OCH3 is 1. The summed E-state index contributed by atoms with van der Waals surface area (Å²) in [5, 5.41) is 20.5. The first-order valence-corrected chi connectivity index (χ1v) is 7.31. The van der Waals surface area contributed by atoms with E-state index in [4.69, 9.17) is 9.52 Å². The number of aromatic carboxylic acids is 1. The molecule has 26 heavy (non-hydrogen) atoms. The highest BCUT2D eigenvalue weighted by atomic mass is 16.5. The number of amides is 1. The lowest BCUT2D eigenvalue weighted by Gasteiger charge is -2.04. The fourth-order valence-electron chi connectivity index (χ4n) is 2.07. The maximum Gasteiger partial charge on any atom is 0.341 e. The molecule has 0 spiro atoms. The van der Waals surface area contributed by atoms with Crippen LogP contribution in [0.2, 0.25) is 0 Å². The smallest absolute Gasteiger partial charge is 0.341 e. The van der Waals surface area contributed by atoms with Crippen LogP contribution in [-0.2, 0) is 9.53 Å². The lowest BCUT2D eigenvalue weighted by Crippen LogP contribution is -2.13. The second-order valence-corrected chi connectivity index (χ2v) is 5.12. The van der Waals surface area contributed by atoms with Crippen molar-refractivity contribution >= 4 is 29.6 Å². The SMILES string of the molecule is COC(=O)c1cc(/C=C(\C#N)C(=O)Nc2ccc(C(=O)O)cc2)oc1C. The molecule has 1 aromatic carbocycles. The van der Waals surface area contributed by atoms with Gasteiger partial charge in [-0.3, -0.25) is 4.79 Å². The Bertz CT molecular complexity index is 932. The average molecular weight is 354 g/mol. The van der Waals surface area contributed by atoms with Crippen molar-refractivity contribution in [1.82, 2.24) is 0 Å². The van der Waals surface area contributed by atoms with E-state index in [9.17, 15) is 19.6 Å². The summed E-state index contributed by atoms with van der Waals surface area (Å²) in [5.41, 5.74) is 0.339. The summed E-state index contributed by atoms with van der Waals surface area (Å²) in [6.45, 7) is 1.56. The van der Waals surface area contributed by atoms with Gasteiger partial charge in [-0.25, -0.2) is 9.59 Å². The number of nitrogens with one attached hydrogen (secondary N) is 1. The molecule has 2 N–H and O–H groups in total. The molecule has 8 nitrogen and oxygen atoms in total. The van der Waals surface area contributed by atoms with Gasteiger partial charge >= 0.3 is 11.9 Å². The van der Waals surface area contributed by atoms with Crippen molar-refractivity contribution < 1.29 is 28.6 Å². The number of ether oxygens (including phenoxy) is 1. The van der Waals surface area contributed by atoms with Gasteiger partial charge < -0.3 is 19.6 Å². The summed E-state index contributed by atoms with van der Waals surface area (Å²) in [6, 6.07) is 8.58. The number of benzene rings is 1. The predicted molar refractivity (Wildman–Crippen MR) is 90.4 cm³/mol. The number of rotatable bonds is 5. The van der Waals surface area contributed by atoms with Crippen molar-refractivity contribution in [3.8, 4) is 6.07 Å². The molecular formula is C18H14N2O6. The quantitative estimate of drug-likeness (QED) is 0.479. The number of carbonyl (C=O) groups excluding carboxylic acids is 2. The van der Waals surface area contributed by atoms with Gasteiger partial charge in [-0.2, -0.15) is 5.26 Å². The molecule has 1 heterocycles. The van der Waals surface area contributed by atoms with E-state index in [1.54, 1.807) is 13.0 Å². The molecule has 2 rings (SSSR count). The van der Waals surface area contributed by atoms with Crippen LogP contribution in [0.25, 0.3) is 6.08 Å². The van der Waals surface area contributed by atoms with E-state index in [0.29, 0.717) is 11.4 Å². The van der Waals surface area contributed by atoms with Gasteiger partial charge in [0.1, 0.15) is 28.7 Å². The maximum atomic E-state index is 12.2. The van der Waals surface area contributed by atoms with Crippen molar-refractivity contribution in [3.63, 3.8) is 0 Å². The van der Waals surface area contributed by atoms with Gasteiger partial charge in [0.25, 0.3) is 5.91 Å². The topological polar surface area (TPSA) is 130 Å². The molecule has 0 aliphatic heterocycles. The molecule has 8 heteroatoms. The lowest BCUT2D eigenvalue weighted by atomic mass is 10.2. The fourth-order valence-corrected chi connectivity index (χ4v) is 2.07. The first kappa shape index (κ1) is 18.5. The van der Waals surface area contributed by atoms with Gasteiger partial charge in [0.2, 0.25) is 0 Å². The van der Waals surface area contributed by atoms with Crippen LogP contribution in [-0.4, -0.2) is 30.1 Å². The van der Waals surface area contributed by atoms with Crippen LogP contribution in [0.3, 0.4) is 0 Å². The number of hydrogen-bond donors (Lipinski definition) is 2. The number of esters is 1. The Morgan fingerprint density at radius 1 is 1.27 bits per heavy atom. The Labute approximate surface area is 148 Å². The van der Waals surface area contributed by atoms with Gasteiger partial charge in [-0.1, -0.05) is 0 Å². The number of nitriles is 1. The molecule has 0 unspecified atom stereocenters. The van der Waals surface area contributed by atoms with E-state index >= 15 is 0 Å². The number of furan rings is 1. The Hall–Kier alpha value is -3.86. The van der Waals surface area contributed by atoms with Crippen LogP contribution in [0.4, 0.5) is 5.69 Å². The Balaban J connectivity index is 2.20. The minimum atomic E-state index is -1.09. The highest BCUT2D eigenvalue weighted by Crippen LogP contribution is 2.19. The monoisotopic (exact) mass is 354 g/mol. The maximum absolute atomic E-state index is 12.2. The number of carboxylic acid groups (broad SMARTS) is 1. The summed E-state index contributed by atoms with van der Waals surface area (Å²) in [6.07, 6.45) is 1.19. The van der Waals surface area contributed by atoms with Crippen molar-refractivity contribution in [2.45, 2.75) is 6.92 Å². The molecule has 0 atom stereocenters. The summed E-state index contributed by atoms with van der Waals surface area (Å²) < 4.78 is 9.95. The minimum absolute atomic E-state index is 0.0699. The molecule has 132 valence electrons. The van der Waals surface area contributed by atoms with Gasteiger partial charge in [-0.15, -0.1) is 0 Å². The van der Waals surface area contributed by atoms with Gasteiger partial charge in [0.15, 0.2) is 0 Å². The first-order chi connectivity index (χ1) is 12.3. The second-order valence-electron chi connectivity index (χ2n) is 5.12. The third-order valence-corrected chi connectivity index (χ3v) is 3.38. The van der Waals surface area contributed by atoms with E-state index in [0.717, 1.165) is 0 Å². The Kier molecular flexibility index (Phi) is 5.55. The van der Waals surface area contributed by atoms with Crippen LogP contribution in [0.1, 0.15) is 32.2 Å². The van der Waals surface area contributed by atoms with Crippen molar-refractivity contribution in [2.75, 3.05) is 12.4 Å². The van der Waals surface area contributed by atoms with Crippen molar-refractivity contribution in [2.24, 2.45) is 0 Å². The molecule has 1 aromatic heterocycles. The molecule has 2 aromatic rings. The molecule has 0 saturated heterocycles. The zero-order valence-electron chi connectivity index (χ0n) is 13.9. The number of hydrogen-bond acceptors (Lipinski definition) is 6. The number of carbonyl (C=O) groups is 3. The van der Waals surface area contributed by atoms with Gasteiger partial charge in [0, 0.05) is 11.8 Å². The Morgan fingerprint density at radius 3 is 2.46 bits per heavy atom. The first-order valence-electron chi connectivity index (χ1n) is 7.31. The van der Waals surface area contributed by atoms with Crippen molar-refractivity contribution in [1.29, 1.82) is 5.26 Å². The van der Waals surface area contributed by atoms with E-state index in [-0.39, 0.29) is 22.5 Å². The van der Waals surface area contributed by atoms with Crippen LogP contribution in [0, 0.1) is 18.3 Å². The molecule has 0 bridgehead atoms. The van der Waals surface area contributed by atoms with E-state index in [1.165, 1.54) is 43.5 Å². The third kappa shape index (κ3) is 4.15. The zero-order chi connectivity index (χ0) is 19.3. The highest BCUT2D eigenvalue weighted by Gasteiger charge is 2.16. The molecule has 1 amide bonds. The third-order valence-electron chi connectivity index (χ3n) is 3.38. The molecule has 0 saturated carbocycles. The highest BCUT2D eigenvalue weighted by molar-refractivity contribution is 6.09. The summed E-state index contributed by atoms with van der Waals surface area (Å²) in [4.78, 5) is 34.6. The lowest BCUT2D eigenvalue weighted by molar-refractivity contribution is -0.112. The van der Waals surface area contributed by atoms with Gasteiger partial charge in [-0.05, 0) is 37.3 Å². The summed E-state index contributed by atoms with van der Waals surface area (Å²) in [5.74, 6) is -1.94. The van der Waals surface area contributed by atoms with E-state index in [1.807, 2.05) is 0 Å². The largest absolute Gasteiger partial charge is 0.478 e. The number of anilines is 1. The normalized spacial score (nSPS) is 10.7. The predicted octanol–water partition coefficient (Wildman–Crippen LogP) is 2.62. The molecule has 0 aliphatic rings. The van der Waals surface area contributed by atoms with Crippen LogP contribution in [0.15, 0.2) is 40.3 Å². The standard InChI is InChI=1S/C18H14N2O6/c1-10-15(18(24)25-2)8-14(26-10)7-12(9-19)16(21)20-13-5-3-11(4-6-13)17(22)23/h3-8H,1-2H3,(H,20,21)(H,22,23)/b12-7+. The van der Waals surface area contributed by atoms with E-state index in [2.05, 4.69) is 10.1 Å². The molecular weight excluding hydrogens is 340 g/mol. The molecule has 0 aliphatic carbocycles. The second kappa shape index (κ2) is 7.81. The average Bonchev–Trinajstić information content (AvgIpc) is 2.99. The number of nitrogens with zero attached hydrogens (tertiary/aromatic N) is 1. The van der Waals surface area contributed by atoms with Crippen LogP contribution in [0.5, 0.6) is 0 Å². The molecule has 0 radical (unpaired) electrons. The fraction of sp³-hybridized carbons (Fsp3) is 0.111. The van der Waals surface area contributed by atoms with Crippen LogP contribution >= 0.6 is 0 Å². The van der Waals surface area contributed by atoms with E-state index < -0.39 is 17.8 Å². The number of carboxylic acids is 1. The summed E-state index contributed by atoms with van der Waals surface area (Å²) in [7, 11) is 1.23. The Morgan fingerprint density at radius 2 is 1.92 bits per heavy atom. The molecule has 0 fully saturated rings. The zero-order valence-corrected chi connectivity index (χ0v) is 13.9. The number of aryl methyl sites for hydroxylation is 1. The van der Waals surface area contributed by atoms with Gasteiger partial charge in [0.05, 0.1) is 12.7 Å². The summed E-state index contributed by atoms with van der Waals surface area (Å²) >= 11 is 0. The van der Waals surface area contributed by atoms with Crippen molar-refractivity contribution in [3.05, 3.63) is 58.6 Å². The van der Waals surface area contributed by atoms with Crippen LogP contribution < -0.4 is 5.32 Å².